The summed E-state index contributed by atoms with van der Waals surface area (Å²) in [6.45, 7) is 5.18. The minimum atomic E-state index is -3.69. The number of hydrogen-bond acceptors (Lipinski definition) is 5. The highest BCUT2D eigenvalue weighted by Crippen LogP contribution is 2.21. The fourth-order valence-corrected chi connectivity index (χ4v) is 2.78. The smallest absolute Gasteiger partial charge is 0.272 e. The number of nitrogens with one attached hydrogen (secondary N) is 1. The lowest BCUT2D eigenvalue weighted by atomic mass is 10.2. The molecule has 0 saturated heterocycles. The fraction of sp³-hybridized carbons (Fsp3) is 0.444. The van der Waals surface area contributed by atoms with Crippen LogP contribution in [0.5, 0.6) is 0 Å². The van der Waals surface area contributed by atoms with Gasteiger partial charge in [0, 0.05) is 0 Å². The van der Waals surface area contributed by atoms with Crippen LogP contribution >= 0.6 is 11.3 Å². The summed E-state index contributed by atoms with van der Waals surface area (Å²) in [5, 5.41) is 8.59. The average molecular weight is 260 g/mol. The van der Waals surface area contributed by atoms with Crippen LogP contribution in [0, 0.1) is 11.3 Å². The normalized spacial score (nSPS) is 12.4. The maximum atomic E-state index is 11.7. The van der Waals surface area contributed by atoms with Crippen LogP contribution in [-0.4, -0.2) is 14.0 Å². The van der Waals surface area contributed by atoms with Crippen molar-refractivity contribution < 1.29 is 13.3 Å². The van der Waals surface area contributed by atoms with Crippen molar-refractivity contribution in [1.29, 1.82) is 5.26 Å². The zero-order valence-electron chi connectivity index (χ0n) is 9.14. The Labute approximate surface area is 98.7 Å². The van der Waals surface area contributed by atoms with Crippen LogP contribution in [0.1, 0.15) is 25.6 Å². The molecule has 0 atom stereocenters. The van der Waals surface area contributed by atoms with Crippen molar-refractivity contribution in [2.45, 2.75) is 30.6 Å². The molecule has 5 nitrogen and oxygen atoms in total. The molecule has 1 rings (SSSR count). The molecule has 0 aromatic carbocycles. The number of sulfonamides is 1. The Hall–Kier alpha value is -0.940. The van der Waals surface area contributed by atoms with E-state index in [4.69, 9.17) is 10.1 Å². The zero-order valence-corrected chi connectivity index (χ0v) is 10.8. The number of nitriles is 1. The highest BCUT2D eigenvalue weighted by molar-refractivity contribution is 7.91. The van der Waals surface area contributed by atoms with Crippen LogP contribution in [0.2, 0.25) is 0 Å². The van der Waals surface area contributed by atoms with Crippen LogP contribution in [0.3, 0.4) is 0 Å². The van der Waals surface area contributed by atoms with Gasteiger partial charge in [-0.3, -0.25) is 4.84 Å². The third kappa shape index (κ3) is 3.57. The van der Waals surface area contributed by atoms with E-state index in [1.165, 1.54) is 12.1 Å². The van der Waals surface area contributed by atoms with Gasteiger partial charge < -0.3 is 0 Å². The van der Waals surface area contributed by atoms with E-state index >= 15 is 0 Å². The average Bonchev–Trinajstić information content (AvgIpc) is 2.62. The van der Waals surface area contributed by atoms with E-state index in [2.05, 4.69) is 0 Å². The Morgan fingerprint density at radius 1 is 1.44 bits per heavy atom. The van der Waals surface area contributed by atoms with Crippen LogP contribution in [0.25, 0.3) is 0 Å². The maximum absolute atomic E-state index is 11.7. The summed E-state index contributed by atoms with van der Waals surface area (Å²) >= 11 is 0.899. The summed E-state index contributed by atoms with van der Waals surface area (Å²) in [5.41, 5.74) is -0.609. The van der Waals surface area contributed by atoms with Gasteiger partial charge in [0.25, 0.3) is 10.0 Å². The molecule has 0 amide bonds. The lowest BCUT2D eigenvalue weighted by Crippen LogP contribution is -2.33. The van der Waals surface area contributed by atoms with Gasteiger partial charge in [-0.2, -0.15) is 5.26 Å². The standard InChI is InChI=1S/C9H12N2O3S2/c1-9(2,3)14-11-16(12,13)8-5-4-7(6-10)15-8/h4-5,11H,1-3H3. The second-order valence-electron chi connectivity index (χ2n) is 4.03. The summed E-state index contributed by atoms with van der Waals surface area (Å²) in [5.74, 6) is 0. The van der Waals surface area contributed by atoms with E-state index in [9.17, 15) is 8.42 Å². The van der Waals surface area contributed by atoms with Gasteiger partial charge in [0.1, 0.15) is 15.2 Å². The highest BCUT2D eigenvalue weighted by atomic mass is 32.2. The van der Waals surface area contributed by atoms with E-state index in [1.54, 1.807) is 20.8 Å². The molecule has 1 N–H and O–H groups in total. The second-order valence-corrected chi connectivity index (χ2v) is 6.99. The van der Waals surface area contributed by atoms with Crippen LogP contribution in [0.4, 0.5) is 0 Å². The number of rotatable bonds is 3. The van der Waals surface area contributed by atoms with Crippen molar-refractivity contribution in [2.75, 3.05) is 0 Å². The first kappa shape index (κ1) is 13.1. The van der Waals surface area contributed by atoms with Gasteiger partial charge in [0.2, 0.25) is 0 Å². The number of thiophene rings is 1. The molecule has 16 heavy (non-hydrogen) atoms. The van der Waals surface area contributed by atoms with E-state index < -0.39 is 15.6 Å². The molecule has 1 aromatic rings. The van der Waals surface area contributed by atoms with Gasteiger partial charge in [0.05, 0.1) is 5.60 Å². The molecule has 0 unspecified atom stereocenters. The molecule has 0 fully saturated rings. The molecule has 0 saturated carbocycles. The zero-order chi connectivity index (χ0) is 12.4. The molecule has 1 aromatic heterocycles. The van der Waals surface area contributed by atoms with Crippen molar-refractivity contribution in [3.05, 3.63) is 17.0 Å². The molecule has 0 aliphatic rings. The third-order valence-electron chi connectivity index (χ3n) is 1.41. The van der Waals surface area contributed by atoms with E-state index in [0.717, 1.165) is 11.3 Å². The van der Waals surface area contributed by atoms with Gasteiger partial charge in [-0.1, -0.05) is 4.89 Å². The summed E-state index contributed by atoms with van der Waals surface area (Å²) in [6.07, 6.45) is 0. The summed E-state index contributed by atoms with van der Waals surface area (Å²) in [4.78, 5) is 7.35. The highest BCUT2D eigenvalue weighted by Gasteiger charge is 2.20. The first-order valence-electron chi connectivity index (χ1n) is 4.44. The minimum Gasteiger partial charge on any atom is -0.281 e. The van der Waals surface area contributed by atoms with Crippen molar-refractivity contribution in [3.63, 3.8) is 0 Å². The third-order valence-corrected chi connectivity index (χ3v) is 4.08. The summed E-state index contributed by atoms with van der Waals surface area (Å²) in [7, 11) is -3.69. The number of nitrogens with zero attached hydrogens (tertiary/aromatic N) is 1. The molecule has 0 aliphatic carbocycles. The van der Waals surface area contributed by atoms with Crippen molar-refractivity contribution in [3.8, 4) is 6.07 Å². The monoisotopic (exact) mass is 260 g/mol. The first-order chi connectivity index (χ1) is 7.24. The van der Waals surface area contributed by atoms with Crippen LogP contribution in [-0.2, 0) is 14.9 Å². The SMILES string of the molecule is CC(C)(C)ONS(=O)(=O)c1ccc(C#N)s1. The van der Waals surface area contributed by atoms with Crippen molar-refractivity contribution in [2.24, 2.45) is 0 Å². The van der Waals surface area contributed by atoms with E-state index in [0.29, 0.717) is 4.88 Å². The van der Waals surface area contributed by atoms with Gasteiger partial charge in [-0.25, -0.2) is 8.42 Å². The lowest BCUT2D eigenvalue weighted by Gasteiger charge is -2.18. The van der Waals surface area contributed by atoms with Crippen LogP contribution in [0.15, 0.2) is 16.3 Å². The van der Waals surface area contributed by atoms with Crippen molar-refractivity contribution >= 4 is 21.4 Å². The topological polar surface area (TPSA) is 79.2 Å². The lowest BCUT2D eigenvalue weighted by molar-refractivity contribution is -0.0356. The molecule has 0 radical (unpaired) electrons. The molecular formula is C9H12N2O3S2. The summed E-state index contributed by atoms with van der Waals surface area (Å²) < 4.78 is 23.4. The second kappa shape index (κ2) is 4.51. The largest absolute Gasteiger partial charge is 0.281 e. The van der Waals surface area contributed by atoms with E-state index in [-0.39, 0.29) is 4.21 Å². The fourth-order valence-electron chi connectivity index (χ4n) is 0.746. The Bertz CT molecular complexity index is 506. The Morgan fingerprint density at radius 3 is 2.50 bits per heavy atom. The van der Waals surface area contributed by atoms with Crippen molar-refractivity contribution in [1.82, 2.24) is 4.89 Å². The molecule has 0 aliphatic heterocycles. The Kier molecular flexibility index (Phi) is 3.70. The molecular weight excluding hydrogens is 248 g/mol. The molecule has 0 spiro atoms. The van der Waals surface area contributed by atoms with Gasteiger partial charge in [0.15, 0.2) is 0 Å². The quantitative estimate of drug-likeness (QED) is 0.838. The predicted octanol–water partition coefficient (Wildman–Crippen LogP) is 1.63. The molecule has 1 heterocycles. The Morgan fingerprint density at radius 2 is 2.06 bits per heavy atom. The maximum Gasteiger partial charge on any atom is 0.272 e. The predicted molar refractivity (Wildman–Crippen MR) is 60.2 cm³/mol. The van der Waals surface area contributed by atoms with E-state index in [1.807, 2.05) is 11.0 Å². The van der Waals surface area contributed by atoms with Gasteiger partial charge in [-0.15, -0.1) is 11.3 Å². The first-order valence-corrected chi connectivity index (χ1v) is 6.74. The summed E-state index contributed by atoms with van der Waals surface area (Å²) in [6, 6.07) is 4.70. The minimum absolute atomic E-state index is 0.0632. The number of hydrogen-bond donors (Lipinski definition) is 1. The molecule has 7 heteroatoms. The van der Waals surface area contributed by atoms with Crippen LogP contribution < -0.4 is 4.89 Å². The molecule has 88 valence electrons. The Balaban J connectivity index is 2.83. The van der Waals surface area contributed by atoms with Gasteiger partial charge in [-0.05, 0) is 32.9 Å². The molecule has 0 bridgehead atoms. The van der Waals surface area contributed by atoms with Gasteiger partial charge >= 0.3 is 0 Å².